The van der Waals surface area contributed by atoms with Gasteiger partial charge in [0.25, 0.3) is 5.91 Å². The first-order chi connectivity index (χ1) is 9.99. The van der Waals surface area contributed by atoms with Crippen molar-refractivity contribution in [3.8, 4) is 5.75 Å². The fraction of sp³-hybridized carbons (Fsp3) is 0.533. The van der Waals surface area contributed by atoms with E-state index in [1.54, 1.807) is 20.1 Å². The maximum atomic E-state index is 11.8. The van der Waals surface area contributed by atoms with Crippen LogP contribution in [0.5, 0.6) is 5.75 Å². The van der Waals surface area contributed by atoms with E-state index in [4.69, 9.17) is 21.1 Å². The summed E-state index contributed by atoms with van der Waals surface area (Å²) in [7, 11) is 3.47. The number of ether oxygens (including phenoxy) is 2. The van der Waals surface area contributed by atoms with Crippen LogP contribution >= 0.6 is 11.6 Å². The Balaban J connectivity index is 2.63. The average Bonchev–Trinajstić information content (AvgIpc) is 2.48. The smallest absolute Gasteiger partial charge is 0.260 e. The number of methoxy groups -OCH3 is 1. The van der Waals surface area contributed by atoms with E-state index in [0.29, 0.717) is 23.9 Å². The summed E-state index contributed by atoms with van der Waals surface area (Å²) in [6, 6.07) is 5.75. The van der Waals surface area contributed by atoms with Crippen molar-refractivity contribution in [3.05, 3.63) is 28.8 Å². The summed E-state index contributed by atoms with van der Waals surface area (Å²) in [6.45, 7) is 4.64. The van der Waals surface area contributed by atoms with Gasteiger partial charge in [-0.15, -0.1) is 0 Å². The van der Waals surface area contributed by atoms with Crippen molar-refractivity contribution in [2.75, 3.05) is 27.3 Å². The van der Waals surface area contributed by atoms with Crippen molar-refractivity contribution in [2.24, 2.45) is 0 Å². The summed E-state index contributed by atoms with van der Waals surface area (Å²) >= 11 is 6.20. The van der Waals surface area contributed by atoms with Gasteiger partial charge in [-0.05, 0) is 38.6 Å². The molecule has 1 aromatic rings. The van der Waals surface area contributed by atoms with Crippen molar-refractivity contribution in [1.82, 2.24) is 10.6 Å². The lowest BCUT2D eigenvalue weighted by molar-refractivity contribution is -0.127. The molecule has 0 heterocycles. The largest absolute Gasteiger partial charge is 0.479 e. The van der Waals surface area contributed by atoms with Crippen molar-refractivity contribution in [2.45, 2.75) is 26.0 Å². The van der Waals surface area contributed by atoms with Gasteiger partial charge in [0.15, 0.2) is 6.10 Å². The van der Waals surface area contributed by atoms with Gasteiger partial charge in [0.1, 0.15) is 5.75 Å². The number of hydrogen-bond acceptors (Lipinski definition) is 4. The van der Waals surface area contributed by atoms with Gasteiger partial charge in [0.2, 0.25) is 0 Å². The lowest BCUT2D eigenvalue weighted by Crippen LogP contribution is -2.38. The molecule has 2 unspecified atom stereocenters. The number of carbonyl (C=O) groups excluding carboxylic acids is 1. The highest BCUT2D eigenvalue weighted by Crippen LogP contribution is 2.28. The molecule has 0 aliphatic heterocycles. The minimum atomic E-state index is -0.619. The van der Waals surface area contributed by atoms with E-state index in [0.717, 1.165) is 5.56 Å². The minimum absolute atomic E-state index is 0.198. The number of halogens is 1. The molecule has 0 spiro atoms. The molecule has 0 aliphatic carbocycles. The Kier molecular flexibility index (Phi) is 7.50. The molecule has 21 heavy (non-hydrogen) atoms. The van der Waals surface area contributed by atoms with Gasteiger partial charge in [0, 0.05) is 19.7 Å². The highest BCUT2D eigenvalue weighted by Gasteiger charge is 2.16. The number of hydrogen-bond donors (Lipinski definition) is 2. The van der Waals surface area contributed by atoms with Crippen LogP contribution in [0.2, 0.25) is 5.02 Å². The molecule has 0 radical (unpaired) electrons. The van der Waals surface area contributed by atoms with Gasteiger partial charge in [0.05, 0.1) is 11.6 Å². The number of nitrogens with one attached hydrogen (secondary N) is 2. The molecule has 5 nitrogen and oxygen atoms in total. The molecule has 0 aromatic heterocycles. The molecule has 6 heteroatoms. The number of rotatable bonds is 8. The predicted molar refractivity (Wildman–Crippen MR) is 83.9 cm³/mol. The summed E-state index contributed by atoms with van der Waals surface area (Å²) in [5.41, 5.74) is 1.06. The van der Waals surface area contributed by atoms with Gasteiger partial charge in [-0.2, -0.15) is 0 Å². The molecule has 2 atom stereocenters. The van der Waals surface area contributed by atoms with Crippen LogP contribution < -0.4 is 15.4 Å². The molecule has 1 rings (SSSR count). The van der Waals surface area contributed by atoms with Crippen LogP contribution in [0, 0.1) is 0 Å². The molecule has 0 bridgehead atoms. The summed E-state index contributed by atoms with van der Waals surface area (Å²) in [5.74, 6) is 0.300. The van der Waals surface area contributed by atoms with Gasteiger partial charge in [-0.1, -0.05) is 17.7 Å². The van der Waals surface area contributed by atoms with E-state index >= 15 is 0 Å². The zero-order valence-corrected chi connectivity index (χ0v) is 13.7. The second kappa shape index (κ2) is 8.87. The van der Waals surface area contributed by atoms with Crippen molar-refractivity contribution in [3.63, 3.8) is 0 Å². The summed E-state index contributed by atoms with van der Waals surface area (Å²) in [4.78, 5) is 11.8. The molecule has 0 saturated carbocycles. The van der Waals surface area contributed by atoms with Crippen LogP contribution in [0.1, 0.15) is 25.5 Å². The van der Waals surface area contributed by atoms with Crippen LogP contribution in [0.25, 0.3) is 0 Å². The van der Waals surface area contributed by atoms with Crippen molar-refractivity contribution < 1.29 is 14.3 Å². The Morgan fingerprint density at radius 2 is 2.10 bits per heavy atom. The molecule has 0 fully saturated rings. The molecule has 0 aliphatic rings. The summed E-state index contributed by atoms with van der Waals surface area (Å²) in [6.07, 6.45) is -0.619. The second-order valence-corrected chi connectivity index (χ2v) is 5.15. The molecule has 2 N–H and O–H groups in total. The van der Waals surface area contributed by atoms with E-state index < -0.39 is 6.10 Å². The SMILES string of the molecule is CNC(C)c1ccc(OC(C)C(=O)NCCOC)c(Cl)c1. The summed E-state index contributed by atoms with van der Waals surface area (Å²) in [5, 5.41) is 6.35. The van der Waals surface area contributed by atoms with Gasteiger partial charge >= 0.3 is 0 Å². The second-order valence-electron chi connectivity index (χ2n) is 4.74. The first kappa shape index (κ1) is 17.8. The third-order valence-electron chi connectivity index (χ3n) is 3.17. The molecule has 1 amide bonds. The van der Waals surface area contributed by atoms with Crippen LogP contribution in [-0.2, 0) is 9.53 Å². The number of amides is 1. The lowest BCUT2D eigenvalue weighted by Gasteiger charge is -2.17. The maximum absolute atomic E-state index is 11.8. The molecule has 1 aromatic carbocycles. The van der Waals surface area contributed by atoms with Gasteiger partial charge in [-0.25, -0.2) is 0 Å². The third-order valence-corrected chi connectivity index (χ3v) is 3.46. The number of carbonyl (C=O) groups is 1. The lowest BCUT2D eigenvalue weighted by atomic mass is 10.1. The topological polar surface area (TPSA) is 59.6 Å². The zero-order chi connectivity index (χ0) is 15.8. The number of benzene rings is 1. The Bertz CT molecular complexity index is 468. The fourth-order valence-electron chi connectivity index (χ4n) is 1.71. The fourth-order valence-corrected chi connectivity index (χ4v) is 1.95. The standard InChI is InChI=1S/C15H23ClN2O3/c1-10(17-3)12-5-6-14(13(16)9-12)21-11(2)15(19)18-7-8-20-4/h5-6,9-11,17H,7-8H2,1-4H3,(H,18,19). The minimum Gasteiger partial charge on any atom is -0.479 e. The summed E-state index contributed by atoms with van der Waals surface area (Å²) < 4.78 is 10.5. The van der Waals surface area contributed by atoms with Gasteiger partial charge < -0.3 is 20.1 Å². The average molecular weight is 315 g/mol. The van der Waals surface area contributed by atoms with E-state index in [9.17, 15) is 4.79 Å². The van der Waals surface area contributed by atoms with Crippen LogP contribution in [0.15, 0.2) is 18.2 Å². The third kappa shape index (κ3) is 5.53. The Morgan fingerprint density at radius 3 is 2.67 bits per heavy atom. The first-order valence-electron chi connectivity index (χ1n) is 6.89. The molecular formula is C15H23ClN2O3. The highest BCUT2D eigenvalue weighted by molar-refractivity contribution is 6.32. The monoisotopic (exact) mass is 314 g/mol. The highest BCUT2D eigenvalue weighted by atomic mass is 35.5. The Hall–Kier alpha value is -1.30. The normalized spacial score (nSPS) is 13.6. The van der Waals surface area contributed by atoms with Gasteiger partial charge in [-0.3, -0.25) is 4.79 Å². The Labute approximate surface area is 131 Å². The first-order valence-corrected chi connectivity index (χ1v) is 7.27. The van der Waals surface area contributed by atoms with Crippen LogP contribution in [0.3, 0.4) is 0 Å². The molecular weight excluding hydrogens is 292 g/mol. The van der Waals surface area contributed by atoms with Crippen LogP contribution in [0.4, 0.5) is 0 Å². The Morgan fingerprint density at radius 1 is 1.38 bits per heavy atom. The van der Waals surface area contributed by atoms with Crippen LogP contribution in [-0.4, -0.2) is 39.3 Å². The van der Waals surface area contributed by atoms with Crippen molar-refractivity contribution in [1.29, 1.82) is 0 Å². The maximum Gasteiger partial charge on any atom is 0.260 e. The van der Waals surface area contributed by atoms with E-state index in [1.165, 1.54) is 0 Å². The zero-order valence-electron chi connectivity index (χ0n) is 12.9. The van der Waals surface area contributed by atoms with E-state index in [-0.39, 0.29) is 11.9 Å². The van der Waals surface area contributed by atoms with E-state index in [2.05, 4.69) is 10.6 Å². The quantitative estimate of drug-likeness (QED) is 0.722. The predicted octanol–water partition coefficient (Wildman–Crippen LogP) is 2.15. The molecule has 0 saturated heterocycles. The van der Waals surface area contributed by atoms with Crippen molar-refractivity contribution >= 4 is 17.5 Å². The molecule has 118 valence electrons. The van der Waals surface area contributed by atoms with E-state index in [1.807, 2.05) is 26.1 Å².